The molecular formula is C18H19ClN2O3. The first kappa shape index (κ1) is 17.9. The Bertz CT molecular complexity index is 680. The van der Waals surface area contributed by atoms with E-state index in [4.69, 9.17) is 11.6 Å². The molecule has 0 saturated heterocycles. The van der Waals surface area contributed by atoms with Gasteiger partial charge in [-0.2, -0.15) is 0 Å². The number of hydrogen-bond acceptors (Lipinski definition) is 3. The zero-order chi connectivity index (χ0) is 17.5. The van der Waals surface area contributed by atoms with Crippen molar-refractivity contribution >= 4 is 35.0 Å². The molecule has 1 aliphatic heterocycles. The summed E-state index contributed by atoms with van der Waals surface area (Å²) in [5.41, 5.74) is 1.61. The number of aryl methyl sites for hydroxylation is 1. The second kappa shape index (κ2) is 8.45. The summed E-state index contributed by atoms with van der Waals surface area (Å²) < 4.78 is 0. The summed E-state index contributed by atoms with van der Waals surface area (Å²) >= 11 is 5.87. The maximum Gasteiger partial charge on any atom is 0.271 e. The zero-order valence-corrected chi connectivity index (χ0v) is 14.0. The lowest BCUT2D eigenvalue weighted by atomic mass is 10.1. The van der Waals surface area contributed by atoms with Crippen molar-refractivity contribution in [2.75, 3.05) is 11.9 Å². The first-order chi connectivity index (χ1) is 11.5. The number of benzene rings is 1. The van der Waals surface area contributed by atoms with Crippen LogP contribution in [0.25, 0.3) is 0 Å². The molecule has 126 valence electrons. The van der Waals surface area contributed by atoms with Gasteiger partial charge in [0.1, 0.15) is 5.03 Å². The Labute approximate surface area is 146 Å². The van der Waals surface area contributed by atoms with Crippen LogP contribution in [0.5, 0.6) is 0 Å². The summed E-state index contributed by atoms with van der Waals surface area (Å²) in [5.74, 6) is -0.915. The number of halogens is 1. The minimum absolute atomic E-state index is 0.114. The summed E-state index contributed by atoms with van der Waals surface area (Å²) in [6.07, 6.45) is 5.03. The summed E-state index contributed by atoms with van der Waals surface area (Å²) in [7, 11) is 0. The van der Waals surface area contributed by atoms with Crippen molar-refractivity contribution in [3.63, 3.8) is 0 Å². The third-order valence-electron chi connectivity index (χ3n) is 3.69. The lowest BCUT2D eigenvalue weighted by Crippen LogP contribution is -2.37. The molecule has 6 heteroatoms. The third-order valence-corrected chi connectivity index (χ3v) is 4.01. The summed E-state index contributed by atoms with van der Waals surface area (Å²) in [5, 5.41) is 2.77. The monoisotopic (exact) mass is 346 g/mol. The lowest BCUT2D eigenvalue weighted by molar-refractivity contribution is -0.142. The highest BCUT2D eigenvalue weighted by Gasteiger charge is 2.24. The first-order valence-corrected chi connectivity index (χ1v) is 8.12. The number of imide groups is 1. The van der Waals surface area contributed by atoms with Crippen molar-refractivity contribution in [3.8, 4) is 0 Å². The maximum absolute atomic E-state index is 12.3. The molecule has 0 saturated carbocycles. The van der Waals surface area contributed by atoms with Crippen LogP contribution in [0.4, 0.5) is 5.69 Å². The molecule has 0 bridgehead atoms. The molecule has 0 aliphatic carbocycles. The molecule has 0 unspecified atom stereocenters. The van der Waals surface area contributed by atoms with Crippen LogP contribution in [0.2, 0.25) is 0 Å². The van der Waals surface area contributed by atoms with Crippen LogP contribution in [-0.2, 0) is 20.8 Å². The Morgan fingerprint density at radius 2 is 2.00 bits per heavy atom. The Balaban J connectivity index is 1.91. The molecule has 2 rings (SSSR count). The van der Waals surface area contributed by atoms with Gasteiger partial charge in [-0.05, 0) is 43.0 Å². The van der Waals surface area contributed by atoms with E-state index in [-0.39, 0.29) is 23.3 Å². The van der Waals surface area contributed by atoms with Gasteiger partial charge in [0, 0.05) is 18.7 Å². The Kier molecular flexibility index (Phi) is 6.32. The van der Waals surface area contributed by atoms with Crippen LogP contribution in [0.3, 0.4) is 0 Å². The summed E-state index contributed by atoms with van der Waals surface area (Å²) in [6.45, 7) is 3.79. The highest BCUT2D eigenvalue weighted by Crippen LogP contribution is 2.17. The molecule has 0 fully saturated rings. The molecule has 0 spiro atoms. The number of hydrogen-bond donors (Lipinski definition) is 1. The minimum atomic E-state index is -0.415. The maximum atomic E-state index is 12.3. The number of carbonyl (C=O) groups is 3. The fourth-order valence-corrected chi connectivity index (χ4v) is 2.58. The molecule has 1 aromatic carbocycles. The van der Waals surface area contributed by atoms with Crippen LogP contribution >= 0.6 is 11.6 Å². The molecule has 1 aliphatic rings. The van der Waals surface area contributed by atoms with E-state index in [0.717, 1.165) is 12.0 Å². The first-order valence-electron chi connectivity index (χ1n) is 7.74. The normalized spacial score (nSPS) is 14.6. The Hall–Kier alpha value is -2.40. The van der Waals surface area contributed by atoms with Gasteiger partial charge in [0.2, 0.25) is 11.8 Å². The Morgan fingerprint density at radius 1 is 1.29 bits per heavy atom. The number of amides is 3. The van der Waals surface area contributed by atoms with Gasteiger partial charge in [-0.1, -0.05) is 36.4 Å². The van der Waals surface area contributed by atoms with E-state index < -0.39 is 5.91 Å². The van der Waals surface area contributed by atoms with Gasteiger partial charge in [0.05, 0.1) is 0 Å². The highest BCUT2D eigenvalue weighted by atomic mass is 35.5. The van der Waals surface area contributed by atoms with Gasteiger partial charge in [-0.3, -0.25) is 19.3 Å². The van der Waals surface area contributed by atoms with E-state index in [1.54, 1.807) is 18.2 Å². The van der Waals surface area contributed by atoms with E-state index in [9.17, 15) is 14.4 Å². The number of rotatable bonds is 5. The van der Waals surface area contributed by atoms with Crippen molar-refractivity contribution in [2.45, 2.75) is 25.7 Å². The number of carbonyl (C=O) groups excluding carboxylic acids is 3. The van der Waals surface area contributed by atoms with Crippen molar-refractivity contribution < 1.29 is 14.4 Å². The van der Waals surface area contributed by atoms with E-state index in [1.165, 1.54) is 11.0 Å². The van der Waals surface area contributed by atoms with Gasteiger partial charge >= 0.3 is 0 Å². The smallest absolute Gasteiger partial charge is 0.271 e. The molecule has 0 atom stereocenters. The van der Waals surface area contributed by atoms with Gasteiger partial charge in [0.25, 0.3) is 5.91 Å². The Morgan fingerprint density at radius 3 is 2.67 bits per heavy atom. The summed E-state index contributed by atoms with van der Waals surface area (Å²) in [4.78, 5) is 36.8. The predicted molar refractivity (Wildman–Crippen MR) is 93.5 cm³/mol. The van der Waals surface area contributed by atoms with Gasteiger partial charge < -0.3 is 5.32 Å². The fraction of sp³-hybridized carbons (Fsp3) is 0.278. The third kappa shape index (κ3) is 4.80. The number of anilines is 1. The molecule has 3 amide bonds. The van der Waals surface area contributed by atoms with E-state index >= 15 is 0 Å². The fourth-order valence-electron chi connectivity index (χ4n) is 2.37. The highest BCUT2D eigenvalue weighted by molar-refractivity contribution is 6.43. The quantitative estimate of drug-likeness (QED) is 0.833. The average molecular weight is 347 g/mol. The van der Waals surface area contributed by atoms with Crippen LogP contribution in [0, 0.1) is 0 Å². The van der Waals surface area contributed by atoms with Gasteiger partial charge in [-0.15, -0.1) is 0 Å². The lowest BCUT2D eigenvalue weighted by Gasteiger charge is -2.18. The van der Waals surface area contributed by atoms with Crippen LogP contribution in [-0.4, -0.2) is 29.2 Å². The van der Waals surface area contributed by atoms with Crippen molar-refractivity contribution in [1.29, 1.82) is 0 Å². The molecule has 0 radical (unpaired) electrons. The van der Waals surface area contributed by atoms with Crippen LogP contribution in [0.1, 0.15) is 24.8 Å². The molecule has 1 heterocycles. The molecular weight excluding hydrogens is 328 g/mol. The second-order valence-electron chi connectivity index (χ2n) is 5.44. The SMILES string of the molecule is C=CC(=O)Nc1ccc(CCC(=O)N2CCCC=C(Cl)C2=O)cc1. The van der Waals surface area contributed by atoms with Crippen molar-refractivity contribution in [2.24, 2.45) is 0 Å². The molecule has 24 heavy (non-hydrogen) atoms. The van der Waals surface area contributed by atoms with E-state index in [0.29, 0.717) is 25.1 Å². The number of nitrogens with one attached hydrogen (secondary N) is 1. The van der Waals surface area contributed by atoms with Crippen LogP contribution in [0.15, 0.2) is 48.0 Å². The molecule has 1 aromatic rings. The predicted octanol–water partition coefficient (Wildman–Crippen LogP) is 3.02. The largest absolute Gasteiger partial charge is 0.323 e. The standard InChI is InChI=1S/C18H19ClN2O3/c1-2-16(22)20-14-9-6-13(7-10-14)8-11-17(23)21-12-4-3-5-15(19)18(21)24/h2,5-7,9-10H,1,3-4,8,11-12H2,(H,20,22). The molecule has 1 N–H and O–H groups in total. The number of allylic oxidation sites excluding steroid dienone is 1. The van der Waals surface area contributed by atoms with Crippen LogP contribution < -0.4 is 5.32 Å². The minimum Gasteiger partial charge on any atom is -0.323 e. The van der Waals surface area contributed by atoms with E-state index in [2.05, 4.69) is 11.9 Å². The zero-order valence-electron chi connectivity index (χ0n) is 13.3. The molecule has 0 aromatic heterocycles. The topological polar surface area (TPSA) is 66.5 Å². The average Bonchev–Trinajstić information content (AvgIpc) is 2.75. The summed E-state index contributed by atoms with van der Waals surface area (Å²) in [6, 6.07) is 7.20. The van der Waals surface area contributed by atoms with Gasteiger partial charge in [-0.25, -0.2) is 0 Å². The van der Waals surface area contributed by atoms with Gasteiger partial charge in [0.15, 0.2) is 0 Å². The second-order valence-corrected chi connectivity index (χ2v) is 5.84. The number of nitrogens with zero attached hydrogens (tertiary/aromatic N) is 1. The van der Waals surface area contributed by atoms with Crippen molar-refractivity contribution in [3.05, 3.63) is 53.6 Å². The molecule has 5 nitrogen and oxygen atoms in total. The van der Waals surface area contributed by atoms with E-state index in [1.807, 2.05) is 12.1 Å². The van der Waals surface area contributed by atoms with Crippen molar-refractivity contribution in [1.82, 2.24) is 4.90 Å².